The van der Waals surface area contributed by atoms with Gasteiger partial charge in [0.1, 0.15) is 0 Å². The van der Waals surface area contributed by atoms with Gasteiger partial charge in [-0.1, -0.05) is 18.2 Å². The lowest BCUT2D eigenvalue weighted by Gasteiger charge is -2.48. The standard InChI is InChI=1S/C23H25N5O2/c1-2-30-21(29)19-11-25-22(26-12-19)28-8-7-23(16-28)14-27(15-23)13-17-9-18-5-3-4-6-20(18)24-10-17/h3-6,9-12H,2,7-8,13-16H2,1H3. The van der Waals surface area contributed by atoms with Crippen LogP contribution in [0.4, 0.5) is 5.95 Å². The molecule has 30 heavy (non-hydrogen) atoms. The SMILES string of the molecule is CCOC(=O)c1cnc(N2CCC3(CN(Cc4cnc5ccccc5c4)C3)C2)nc1. The summed E-state index contributed by atoms with van der Waals surface area (Å²) in [6, 6.07) is 10.5. The van der Waals surface area contributed by atoms with Crippen molar-refractivity contribution in [3.05, 3.63) is 60.0 Å². The van der Waals surface area contributed by atoms with Crippen LogP contribution in [0.15, 0.2) is 48.9 Å². The van der Waals surface area contributed by atoms with Crippen molar-refractivity contribution in [1.82, 2.24) is 19.9 Å². The monoisotopic (exact) mass is 403 g/mol. The first-order valence-electron chi connectivity index (χ1n) is 10.4. The van der Waals surface area contributed by atoms with E-state index in [0.29, 0.717) is 23.5 Å². The average Bonchev–Trinajstić information content (AvgIpc) is 3.19. The smallest absolute Gasteiger partial charge is 0.341 e. The minimum Gasteiger partial charge on any atom is -0.462 e. The molecule has 5 rings (SSSR count). The molecule has 0 N–H and O–H groups in total. The maximum absolute atomic E-state index is 11.8. The number of fused-ring (bicyclic) bond motifs is 1. The number of benzene rings is 1. The predicted octanol–water partition coefficient (Wildman–Crippen LogP) is 2.91. The number of hydrogen-bond donors (Lipinski definition) is 0. The summed E-state index contributed by atoms with van der Waals surface area (Å²) in [5, 5.41) is 1.20. The molecular formula is C23H25N5O2. The van der Waals surface area contributed by atoms with Crippen LogP contribution in [0.2, 0.25) is 0 Å². The molecule has 0 aliphatic carbocycles. The number of likely N-dealkylation sites (tertiary alicyclic amines) is 1. The lowest BCUT2D eigenvalue weighted by Crippen LogP contribution is -2.56. The van der Waals surface area contributed by atoms with E-state index in [1.165, 1.54) is 10.9 Å². The number of nitrogens with zero attached hydrogens (tertiary/aromatic N) is 5. The molecule has 2 saturated heterocycles. The third kappa shape index (κ3) is 3.61. The molecule has 2 aliphatic rings. The highest BCUT2D eigenvalue weighted by atomic mass is 16.5. The topological polar surface area (TPSA) is 71.5 Å². The number of rotatable bonds is 5. The van der Waals surface area contributed by atoms with Crippen molar-refractivity contribution >= 4 is 22.8 Å². The van der Waals surface area contributed by atoms with Gasteiger partial charge in [-0.2, -0.15) is 0 Å². The van der Waals surface area contributed by atoms with Crippen molar-refractivity contribution in [2.45, 2.75) is 19.9 Å². The first-order chi connectivity index (χ1) is 14.6. The van der Waals surface area contributed by atoms with E-state index in [9.17, 15) is 4.79 Å². The predicted molar refractivity (Wildman–Crippen MR) is 114 cm³/mol. The van der Waals surface area contributed by atoms with Gasteiger partial charge in [0.2, 0.25) is 5.95 Å². The number of carbonyl (C=O) groups excluding carboxylic acids is 1. The molecule has 0 radical (unpaired) electrons. The van der Waals surface area contributed by atoms with E-state index in [0.717, 1.165) is 44.7 Å². The van der Waals surface area contributed by atoms with Crippen molar-refractivity contribution in [1.29, 1.82) is 0 Å². The van der Waals surface area contributed by atoms with Gasteiger partial charge < -0.3 is 9.64 Å². The Morgan fingerprint density at radius 2 is 1.90 bits per heavy atom. The normalized spacial score (nSPS) is 18.0. The van der Waals surface area contributed by atoms with E-state index in [1.807, 2.05) is 18.3 Å². The van der Waals surface area contributed by atoms with E-state index >= 15 is 0 Å². The highest BCUT2D eigenvalue weighted by Gasteiger charge is 2.47. The first kappa shape index (κ1) is 18.9. The molecule has 7 nitrogen and oxygen atoms in total. The second-order valence-corrected chi connectivity index (χ2v) is 8.35. The summed E-state index contributed by atoms with van der Waals surface area (Å²) in [6.07, 6.45) is 6.26. The fourth-order valence-corrected chi connectivity index (χ4v) is 4.64. The summed E-state index contributed by atoms with van der Waals surface area (Å²) < 4.78 is 4.99. The van der Waals surface area contributed by atoms with Gasteiger partial charge in [0.15, 0.2) is 0 Å². The average molecular weight is 403 g/mol. The van der Waals surface area contributed by atoms with Gasteiger partial charge in [0.05, 0.1) is 17.7 Å². The van der Waals surface area contributed by atoms with Crippen molar-refractivity contribution in [2.75, 3.05) is 37.7 Å². The molecule has 154 valence electrons. The van der Waals surface area contributed by atoms with Gasteiger partial charge in [-0.15, -0.1) is 0 Å². The van der Waals surface area contributed by atoms with Gasteiger partial charge in [-0.05, 0) is 31.0 Å². The Morgan fingerprint density at radius 3 is 2.70 bits per heavy atom. The van der Waals surface area contributed by atoms with Crippen LogP contribution in [-0.4, -0.2) is 58.6 Å². The van der Waals surface area contributed by atoms with E-state index < -0.39 is 0 Å². The minimum absolute atomic E-state index is 0.313. The number of carbonyl (C=O) groups is 1. The lowest BCUT2D eigenvalue weighted by molar-refractivity contribution is 0.0116. The number of ether oxygens (including phenoxy) is 1. The minimum atomic E-state index is -0.375. The van der Waals surface area contributed by atoms with Crippen LogP contribution >= 0.6 is 0 Å². The van der Waals surface area contributed by atoms with E-state index in [4.69, 9.17) is 4.74 Å². The van der Waals surface area contributed by atoms with Crippen LogP contribution < -0.4 is 4.90 Å². The summed E-state index contributed by atoms with van der Waals surface area (Å²) in [7, 11) is 0. The zero-order valence-corrected chi connectivity index (χ0v) is 17.1. The summed E-state index contributed by atoms with van der Waals surface area (Å²) in [6.45, 7) is 7.14. The molecular weight excluding hydrogens is 378 g/mol. The summed E-state index contributed by atoms with van der Waals surface area (Å²) in [5.41, 5.74) is 3.01. The molecule has 3 aromatic rings. The van der Waals surface area contributed by atoms with Gasteiger partial charge in [-0.3, -0.25) is 9.88 Å². The Hall–Kier alpha value is -3.06. The molecule has 0 saturated carbocycles. The number of pyridine rings is 1. The fraction of sp³-hybridized carbons (Fsp3) is 0.391. The maximum Gasteiger partial charge on any atom is 0.341 e. The highest BCUT2D eigenvalue weighted by Crippen LogP contribution is 2.41. The first-order valence-corrected chi connectivity index (χ1v) is 10.4. The molecule has 7 heteroatoms. The van der Waals surface area contributed by atoms with Crippen molar-refractivity contribution in [3.63, 3.8) is 0 Å². The number of esters is 1. The molecule has 2 aliphatic heterocycles. The molecule has 0 unspecified atom stereocenters. The molecule has 0 amide bonds. The van der Waals surface area contributed by atoms with Crippen molar-refractivity contribution < 1.29 is 9.53 Å². The van der Waals surface area contributed by atoms with Crippen molar-refractivity contribution in [3.8, 4) is 0 Å². The fourth-order valence-electron chi connectivity index (χ4n) is 4.64. The van der Waals surface area contributed by atoms with E-state index in [1.54, 1.807) is 19.3 Å². The van der Waals surface area contributed by atoms with Gasteiger partial charge in [0, 0.05) is 62.1 Å². The summed E-state index contributed by atoms with van der Waals surface area (Å²) in [4.78, 5) is 29.9. The van der Waals surface area contributed by atoms with Gasteiger partial charge in [0.25, 0.3) is 0 Å². The quantitative estimate of drug-likeness (QED) is 0.607. The second kappa shape index (κ2) is 7.65. The Labute approximate surface area is 175 Å². The largest absolute Gasteiger partial charge is 0.462 e. The third-order valence-corrected chi connectivity index (χ3v) is 6.04. The Balaban J connectivity index is 1.18. The Morgan fingerprint density at radius 1 is 1.10 bits per heavy atom. The van der Waals surface area contributed by atoms with Crippen LogP contribution in [0.25, 0.3) is 10.9 Å². The summed E-state index contributed by atoms with van der Waals surface area (Å²) in [5.74, 6) is 0.317. The van der Waals surface area contributed by atoms with Crippen LogP contribution in [-0.2, 0) is 11.3 Å². The summed E-state index contributed by atoms with van der Waals surface area (Å²) >= 11 is 0. The maximum atomic E-state index is 11.8. The molecule has 2 fully saturated rings. The Bertz CT molecular complexity index is 1060. The second-order valence-electron chi connectivity index (χ2n) is 8.35. The number of para-hydroxylation sites is 1. The number of hydrogen-bond acceptors (Lipinski definition) is 7. The van der Waals surface area contributed by atoms with Crippen LogP contribution in [0.3, 0.4) is 0 Å². The highest BCUT2D eigenvalue weighted by molar-refractivity contribution is 5.88. The number of aromatic nitrogens is 3. The van der Waals surface area contributed by atoms with Crippen LogP contribution in [0, 0.1) is 5.41 Å². The van der Waals surface area contributed by atoms with Crippen LogP contribution in [0.5, 0.6) is 0 Å². The van der Waals surface area contributed by atoms with E-state index in [-0.39, 0.29) is 5.97 Å². The molecule has 2 aromatic heterocycles. The van der Waals surface area contributed by atoms with E-state index in [2.05, 4.69) is 43.0 Å². The van der Waals surface area contributed by atoms with Gasteiger partial charge in [-0.25, -0.2) is 14.8 Å². The molecule has 0 atom stereocenters. The van der Waals surface area contributed by atoms with Crippen molar-refractivity contribution in [2.24, 2.45) is 5.41 Å². The molecule has 1 spiro atoms. The zero-order chi connectivity index (χ0) is 20.6. The zero-order valence-electron chi connectivity index (χ0n) is 17.1. The third-order valence-electron chi connectivity index (χ3n) is 6.04. The van der Waals surface area contributed by atoms with Gasteiger partial charge >= 0.3 is 5.97 Å². The molecule has 1 aromatic carbocycles. The number of anilines is 1. The Kier molecular flexibility index (Phi) is 4.83. The lowest BCUT2D eigenvalue weighted by atomic mass is 9.79. The van der Waals surface area contributed by atoms with Crippen LogP contribution in [0.1, 0.15) is 29.3 Å². The molecule has 0 bridgehead atoms. The molecule has 4 heterocycles.